The molecule has 0 saturated carbocycles. The Balaban J connectivity index is 1.89. The van der Waals surface area contributed by atoms with Gasteiger partial charge in [0.1, 0.15) is 11.6 Å². The number of halogens is 1. The molecule has 3 rings (SSSR count). The van der Waals surface area contributed by atoms with Gasteiger partial charge in [-0.1, -0.05) is 6.07 Å². The van der Waals surface area contributed by atoms with E-state index in [1.807, 2.05) is 0 Å². The van der Waals surface area contributed by atoms with Crippen LogP contribution in [0.25, 0.3) is 11.5 Å². The van der Waals surface area contributed by atoms with Crippen LogP contribution < -0.4 is 5.32 Å². The van der Waals surface area contributed by atoms with E-state index < -0.39 is 0 Å². The van der Waals surface area contributed by atoms with Gasteiger partial charge >= 0.3 is 0 Å². The summed E-state index contributed by atoms with van der Waals surface area (Å²) in [6.07, 6.45) is 2.82. The highest BCUT2D eigenvalue weighted by Crippen LogP contribution is 2.27. The minimum Gasteiger partial charge on any atom is -0.441 e. The molecule has 1 aromatic heterocycles. The van der Waals surface area contributed by atoms with Crippen molar-refractivity contribution >= 4 is 0 Å². The number of nitrogens with one attached hydrogen (secondary N) is 1. The Hall–Kier alpha value is -1.68. The fourth-order valence-corrected chi connectivity index (χ4v) is 2.13. The lowest BCUT2D eigenvalue weighted by Crippen LogP contribution is -2.07. The molecule has 1 atom stereocenters. The normalized spacial score (nSPS) is 19.7. The van der Waals surface area contributed by atoms with Crippen LogP contribution >= 0.6 is 0 Å². The van der Waals surface area contributed by atoms with Crippen LogP contribution in [0.5, 0.6) is 0 Å². The van der Waals surface area contributed by atoms with Crippen molar-refractivity contribution in [3.63, 3.8) is 0 Å². The zero-order valence-corrected chi connectivity index (χ0v) is 9.32. The van der Waals surface area contributed by atoms with Crippen LogP contribution in [0.2, 0.25) is 0 Å². The third kappa shape index (κ3) is 2.08. The van der Waals surface area contributed by atoms with Crippen molar-refractivity contribution < 1.29 is 8.81 Å². The highest BCUT2D eigenvalue weighted by atomic mass is 19.1. The zero-order chi connectivity index (χ0) is 11.7. The standard InChI is InChI=1S/C13H13FN2O/c14-11-3-1-2-9(6-11)13-16-8-12(17-13)10-4-5-15-7-10/h1-3,6,8,10,15H,4-5,7H2. The molecule has 1 unspecified atom stereocenters. The van der Waals surface area contributed by atoms with Crippen LogP contribution in [0.1, 0.15) is 18.1 Å². The van der Waals surface area contributed by atoms with Gasteiger partial charge in [0, 0.05) is 18.0 Å². The van der Waals surface area contributed by atoms with Crippen molar-refractivity contribution in [1.29, 1.82) is 0 Å². The predicted octanol–water partition coefficient (Wildman–Crippen LogP) is 2.56. The summed E-state index contributed by atoms with van der Waals surface area (Å²) in [5.74, 6) is 1.50. The van der Waals surface area contributed by atoms with Gasteiger partial charge in [0.25, 0.3) is 0 Å². The zero-order valence-electron chi connectivity index (χ0n) is 9.32. The van der Waals surface area contributed by atoms with Crippen LogP contribution in [-0.2, 0) is 0 Å². The van der Waals surface area contributed by atoms with Gasteiger partial charge in [-0.05, 0) is 31.2 Å². The van der Waals surface area contributed by atoms with Crippen LogP contribution in [0, 0.1) is 5.82 Å². The van der Waals surface area contributed by atoms with Gasteiger partial charge in [0.2, 0.25) is 5.89 Å². The summed E-state index contributed by atoms with van der Waals surface area (Å²) in [4.78, 5) is 4.21. The Morgan fingerprint density at radius 3 is 3.12 bits per heavy atom. The summed E-state index contributed by atoms with van der Waals surface area (Å²) in [5.41, 5.74) is 0.683. The third-order valence-electron chi connectivity index (χ3n) is 3.06. The molecule has 1 N–H and O–H groups in total. The molecule has 0 radical (unpaired) electrons. The second-order valence-corrected chi connectivity index (χ2v) is 4.27. The Morgan fingerprint density at radius 1 is 1.41 bits per heavy atom. The van der Waals surface area contributed by atoms with E-state index in [1.54, 1.807) is 18.3 Å². The molecule has 0 aliphatic carbocycles. The van der Waals surface area contributed by atoms with Crippen LogP contribution in [-0.4, -0.2) is 18.1 Å². The van der Waals surface area contributed by atoms with Crippen molar-refractivity contribution in [2.24, 2.45) is 0 Å². The lowest BCUT2D eigenvalue weighted by atomic mass is 10.1. The third-order valence-corrected chi connectivity index (χ3v) is 3.06. The molecule has 4 heteroatoms. The van der Waals surface area contributed by atoms with E-state index in [2.05, 4.69) is 10.3 Å². The predicted molar refractivity (Wildman–Crippen MR) is 62.1 cm³/mol. The molecule has 1 aliphatic heterocycles. The van der Waals surface area contributed by atoms with Gasteiger partial charge < -0.3 is 9.73 Å². The summed E-state index contributed by atoms with van der Waals surface area (Å²) in [7, 11) is 0. The Morgan fingerprint density at radius 2 is 2.35 bits per heavy atom. The van der Waals surface area contributed by atoms with E-state index in [0.29, 0.717) is 17.4 Å². The molecule has 2 heterocycles. The highest BCUT2D eigenvalue weighted by Gasteiger charge is 2.21. The van der Waals surface area contributed by atoms with Crippen LogP contribution in [0.3, 0.4) is 0 Å². The van der Waals surface area contributed by atoms with Gasteiger partial charge in [0.15, 0.2) is 0 Å². The summed E-state index contributed by atoms with van der Waals surface area (Å²) in [5, 5.41) is 3.28. The van der Waals surface area contributed by atoms with Gasteiger partial charge in [-0.15, -0.1) is 0 Å². The molecule has 1 aromatic carbocycles. The lowest BCUT2D eigenvalue weighted by molar-refractivity contribution is 0.481. The Bertz CT molecular complexity index is 518. The summed E-state index contributed by atoms with van der Waals surface area (Å²) >= 11 is 0. The number of benzene rings is 1. The van der Waals surface area contributed by atoms with Crippen molar-refractivity contribution in [3.8, 4) is 11.5 Å². The number of oxazole rings is 1. The minimum absolute atomic E-state index is 0.273. The minimum atomic E-state index is -0.273. The van der Waals surface area contributed by atoms with Crippen LogP contribution in [0.15, 0.2) is 34.9 Å². The van der Waals surface area contributed by atoms with E-state index in [0.717, 1.165) is 25.3 Å². The fraction of sp³-hybridized carbons (Fsp3) is 0.308. The lowest BCUT2D eigenvalue weighted by Gasteiger charge is -2.02. The maximum absolute atomic E-state index is 13.1. The fourth-order valence-electron chi connectivity index (χ4n) is 2.13. The number of nitrogens with zero attached hydrogens (tertiary/aromatic N) is 1. The monoisotopic (exact) mass is 232 g/mol. The molecule has 2 aromatic rings. The van der Waals surface area contributed by atoms with Gasteiger partial charge in [-0.2, -0.15) is 0 Å². The second-order valence-electron chi connectivity index (χ2n) is 4.27. The van der Waals surface area contributed by atoms with E-state index >= 15 is 0 Å². The molecule has 0 spiro atoms. The molecule has 1 aliphatic rings. The molecular weight excluding hydrogens is 219 g/mol. The average Bonchev–Trinajstić information content (AvgIpc) is 3.00. The number of hydrogen-bond donors (Lipinski definition) is 1. The van der Waals surface area contributed by atoms with Gasteiger partial charge in [0.05, 0.1) is 6.20 Å². The van der Waals surface area contributed by atoms with Crippen LogP contribution in [0.4, 0.5) is 4.39 Å². The molecule has 17 heavy (non-hydrogen) atoms. The quantitative estimate of drug-likeness (QED) is 0.864. The van der Waals surface area contributed by atoms with E-state index in [-0.39, 0.29) is 5.82 Å². The van der Waals surface area contributed by atoms with Gasteiger partial charge in [-0.3, -0.25) is 0 Å². The summed E-state index contributed by atoms with van der Waals surface area (Å²) in [6, 6.07) is 6.30. The maximum Gasteiger partial charge on any atom is 0.226 e. The number of hydrogen-bond acceptors (Lipinski definition) is 3. The molecule has 0 bridgehead atoms. The Kier molecular flexibility index (Phi) is 2.65. The first-order valence-electron chi connectivity index (χ1n) is 5.75. The SMILES string of the molecule is Fc1cccc(-c2ncc(C3CCNC3)o2)c1. The molecule has 3 nitrogen and oxygen atoms in total. The summed E-state index contributed by atoms with van der Waals surface area (Å²) in [6.45, 7) is 1.94. The van der Waals surface area contributed by atoms with Crippen molar-refractivity contribution in [2.75, 3.05) is 13.1 Å². The Labute approximate surface area is 98.7 Å². The molecular formula is C13H13FN2O. The largest absolute Gasteiger partial charge is 0.441 e. The van der Waals surface area contributed by atoms with E-state index in [1.165, 1.54) is 12.1 Å². The maximum atomic E-state index is 13.1. The average molecular weight is 232 g/mol. The molecule has 88 valence electrons. The molecule has 1 fully saturated rings. The van der Waals surface area contributed by atoms with Crippen molar-refractivity contribution in [2.45, 2.75) is 12.3 Å². The summed E-state index contributed by atoms with van der Waals surface area (Å²) < 4.78 is 18.8. The first-order valence-corrected chi connectivity index (χ1v) is 5.75. The number of rotatable bonds is 2. The van der Waals surface area contributed by atoms with Crippen molar-refractivity contribution in [1.82, 2.24) is 10.3 Å². The first-order chi connectivity index (χ1) is 8.33. The molecule has 0 amide bonds. The topological polar surface area (TPSA) is 38.1 Å². The van der Waals surface area contributed by atoms with E-state index in [4.69, 9.17) is 4.42 Å². The second kappa shape index (κ2) is 4.30. The smallest absolute Gasteiger partial charge is 0.226 e. The highest BCUT2D eigenvalue weighted by molar-refractivity contribution is 5.52. The van der Waals surface area contributed by atoms with Crippen molar-refractivity contribution in [3.05, 3.63) is 42.0 Å². The first kappa shape index (κ1) is 10.5. The van der Waals surface area contributed by atoms with E-state index in [9.17, 15) is 4.39 Å². The van der Waals surface area contributed by atoms with Gasteiger partial charge in [-0.25, -0.2) is 9.37 Å². The number of aromatic nitrogens is 1. The molecule has 1 saturated heterocycles.